The number of hydrogen-bond donors (Lipinski definition) is 1. The molecule has 6 nitrogen and oxygen atoms in total. The molecule has 7 heteroatoms. The van der Waals surface area contributed by atoms with E-state index in [0.717, 1.165) is 34.1 Å². The maximum atomic E-state index is 13.3. The summed E-state index contributed by atoms with van der Waals surface area (Å²) in [6.07, 6.45) is 3.63. The van der Waals surface area contributed by atoms with Gasteiger partial charge in [-0.15, -0.1) is 0 Å². The second-order valence-electron chi connectivity index (χ2n) is 8.76. The van der Waals surface area contributed by atoms with Crippen molar-refractivity contribution in [1.82, 2.24) is 15.2 Å². The summed E-state index contributed by atoms with van der Waals surface area (Å²) in [5.41, 5.74) is 2.29. The Kier molecular flexibility index (Phi) is 4.21. The Hall–Kier alpha value is -2.41. The number of pyridine rings is 1. The van der Waals surface area contributed by atoms with Gasteiger partial charge in [0, 0.05) is 29.2 Å². The lowest BCUT2D eigenvalue weighted by Gasteiger charge is -2.52. The van der Waals surface area contributed by atoms with Crippen molar-refractivity contribution in [2.45, 2.75) is 37.8 Å². The van der Waals surface area contributed by atoms with Crippen molar-refractivity contribution >= 4 is 27.9 Å². The van der Waals surface area contributed by atoms with Gasteiger partial charge in [-0.2, -0.15) is 0 Å². The number of ether oxygens (including phenoxy) is 1. The van der Waals surface area contributed by atoms with Gasteiger partial charge in [-0.05, 0) is 57.9 Å². The molecule has 2 amide bonds. The highest BCUT2D eigenvalue weighted by Gasteiger charge is 2.58. The molecular formula is C22H22BrN3O3. The molecule has 1 saturated carbocycles. The Morgan fingerprint density at radius 1 is 1.24 bits per heavy atom. The number of rotatable bonds is 4. The summed E-state index contributed by atoms with van der Waals surface area (Å²) >= 11 is 3.59. The lowest BCUT2D eigenvalue weighted by atomic mass is 9.60. The Bertz CT molecular complexity index is 1000. The van der Waals surface area contributed by atoms with Crippen LogP contribution in [0.25, 0.3) is 0 Å². The van der Waals surface area contributed by atoms with Crippen LogP contribution in [0, 0.1) is 5.41 Å². The average molecular weight is 456 g/mol. The number of nitrogens with zero attached hydrogens (tertiary/aromatic N) is 2. The lowest BCUT2D eigenvalue weighted by Crippen LogP contribution is -2.57. The van der Waals surface area contributed by atoms with Crippen LogP contribution >= 0.6 is 15.9 Å². The molecule has 2 aromatic rings. The minimum absolute atomic E-state index is 0.0532. The van der Waals surface area contributed by atoms with Crippen molar-refractivity contribution < 1.29 is 14.3 Å². The number of carbonyl (C=O) groups excluding carboxylic acids is 2. The summed E-state index contributed by atoms with van der Waals surface area (Å²) in [5.74, 6) is 0.0707. The van der Waals surface area contributed by atoms with E-state index in [9.17, 15) is 9.59 Å². The van der Waals surface area contributed by atoms with Gasteiger partial charge >= 0.3 is 6.09 Å². The molecule has 3 heterocycles. The Balaban J connectivity index is 1.41. The molecule has 1 atom stereocenters. The smallest absolute Gasteiger partial charge is 0.407 e. The zero-order valence-electron chi connectivity index (χ0n) is 16.2. The van der Waals surface area contributed by atoms with E-state index < -0.39 is 5.60 Å². The third-order valence-electron chi connectivity index (χ3n) is 6.32. The van der Waals surface area contributed by atoms with Crippen molar-refractivity contribution in [3.8, 4) is 0 Å². The van der Waals surface area contributed by atoms with E-state index in [2.05, 4.69) is 33.2 Å². The van der Waals surface area contributed by atoms with Crippen LogP contribution in [-0.4, -0.2) is 40.6 Å². The first-order valence-electron chi connectivity index (χ1n) is 9.84. The molecule has 0 radical (unpaired) electrons. The number of nitrogens with one attached hydrogen (secondary N) is 1. The molecule has 1 saturated heterocycles. The number of fused-ring (bicyclic) bond motifs is 1. The molecule has 1 aromatic heterocycles. The third-order valence-corrected chi connectivity index (χ3v) is 7.04. The van der Waals surface area contributed by atoms with Crippen LogP contribution in [0.1, 0.15) is 47.4 Å². The minimum Gasteiger partial charge on any atom is -0.441 e. The van der Waals surface area contributed by atoms with E-state index in [1.807, 2.05) is 41.3 Å². The van der Waals surface area contributed by atoms with Crippen LogP contribution in [0.5, 0.6) is 0 Å². The molecular weight excluding hydrogens is 434 g/mol. The van der Waals surface area contributed by atoms with E-state index in [1.54, 1.807) is 6.20 Å². The fraction of sp³-hybridized carbons (Fsp3) is 0.409. The molecule has 2 aliphatic heterocycles. The first-order chi connectivity index (χ1) is 13.9. The molecule has 1 unspecified atom stereocenters. The number of amides is 2. The molecule has 150 valence electrons. The van der Waals surface area contributed by atoms with Crippen molar-refractivity contribution in [3.05, 3.63) is 63.9 Å². The zero-order chi connectivity index (χ0) is 20.2. The largest absolute Gasteiger partial charge is 0.441 e. The zero-order valence-corrected chi connectivity index (χ0v) is 17.7. The first-order valence-corrected chi connectivity index (χ1v) is 10.6. The van der Waals surface area contributed by atoms with Gasteiger partial charge in [0.1, 0.15) is 5.60 Å². The molecule has 1 aliphatic carbocycles. The Morgan fingerprint density at radius 2 is 2.03 bits per heavy atom. The molecule has 1 spiro atoms. The van der Waals surface area contributed by atoms with Crippen molar-refractivity contribution in [1.29, 1.82) is 0 Å². The maximum absolute atomic E-state index is 13.3. The van der Waals surface area contributed by atoms with E-state index >= 15 is 0 Å². The summed E-state index contributed by atoms with van der Waals surface area (Å²) in [6, 6.07) is 11.7. The summed E-state index contributed by atoms with van der Waals surface area (Å²) in [5, 5.41) is 2.76. The number of carbonyl (C=O) groups is 2. The standard InChI is InChI=1S/C22H22BrN3O3/c1-21(10-22(11-21)12-25-20(28)29-22)13-26-18(9-17-16(23)7-4-8-24-17)14-5-2-3-6-15(14)19(26)27/h2-8,18H,9-13H2,1H3,(H,25,28). The fourth-order valence-electron chi connectivity index (χ4n) is 5.33. The van der Waals surface area contributed by atoms with E-state index in [-0.39, 0.29) is 23.5 Å². The van der Waals surface area contributed by atoms with Gasteiger partial charge < -0.3 is 15.0 Å². The number of hydrogen-bond acceptors (Lipinski definition) is 4. The van der Waals surface area contributed by atoms with Gasteiger partial charge in [0.25, 0.3) is 5.91 Å². The highest BCUT2D eigenvalue weighted by molar-refractivity contribution is 9.10. The Labute approximate surface area is 177 Å². The summed E-state index contributed by atoms with van der Waals surface area (Å²) in [4.78, 5) is 31.3. The van der Waals surface area contributed by atoms with Gasteiger partial charge in [-0.3, -0.25) is 9.78 Å². The van der Waals surface area contributed by atoms with Crippen LogP contribution in [0.2, 0.25) is 0 Å². The van der Waals surface area contributed by atoms with E-state index in [0.29, 0.717) is 19.5 Å². The predicted molar refractivity (Wildman–Crippen MR) is 110 cm³/mol. The molecule has 1 N–H and O–H groups in total. The molecule has 3 aliphatic rings. The maximum Gasteiger partial charge on any atom is 0.407 e. The second-order valence-corrected chi connectivity index (χ2v) is 9.62. The molecule has 2 fully saturated rings. The molecule has 5 rings (SSSR count). The van der Waals surface area contributed by atoms with Gasteiger partial charge in [0.2, 0.25) is 0 Å². The molecule has 0 bridgehead atoms. The number of alkyl carbamates (subject to hydrolysis) is 1. The van der Waals surface area contributed by atoms with Gasteiger partial charge in [-0.1, -0.05) is 25.1 Å². The average Bonchev–Trinajstić information content (AvgIpc) is 3.17. The van der Waals surface area contributed by atoms with E-state index in [1.165, 1.54) is 0 Å². The highest BCUT2D eigenvalue weighted by atomic mass is 79.9. The van der Waals surface area contributed by atoms with Crippen LogP contribution in [-0.2, 0) is 11.2 Å². The van der Waals surface area contributed by atoms with Crippen molar-refractivity contribution in [3.63, 3.8) is 0 Å². The number of halogens is 1. The van der Waals surface area contributed by atoms with Crippen LogP contribution < -0.4 is 5.32 Å². The summed E-state index contributed by atoms with van der Waals surface area (Å²) in [6.45, 7) is 3.36. The first kappa shape index (κ1) is 18.6. The number of aromatic nitrogens is 1. The van der Waals surface area contributed by atoms with Gasteiger partial charge in [-0.25, -0.2) is 4.79 Å². The van der Waals surface area contributed by atoms with Crippen LogP contribution in [0.4, 0.5) is 4.79 Å². The van der Waals surface area contributed by atoms with Gasteiger partial charge in [0.05, 0.1) is 18.3 Å². The highest BCUT2D eigenvalue weighted by Crippen LogP contribution is 2.53. The third kappa shape index (κ3) is 3.12. The lowest BCUT2D eigenvalue weighted by molar-refractivity contribution is -0.105. The Morgan fingerprint density at radius 3 is 2.76 bits per heavy atom. The second kappa shape index (κ2) is 6.55. The van der Waals surface area contributed by atoms with Gasteiger partial charge in [0.15, 0.2) is 0 Å². The quantitative estimate of drug-likeness (QED) is 0.759. The number of benzene rings is 1. The van der Waals surface area contributed by atoms with Crippen molar-refractivity contribution in [2.24, 2.45) is 5.41 Å². The molecule has 1 aromatic carbocycles. The monoisotopic (exact) mass is 455 g/mol. The SMILES string of the molecule is CC1(CN2C(=O)c3ccccc3C2Cc2ncccc2Br)CC2(CNC(=O)O2)C1. The fourth-order valence-corrected chi connectivity index (χ4v) is 5.74. The predicted octanol–water partition coefficient (Wildman–Crippen LogP) is 3.86. The molecule has 29 heavy (non-hydrogen) atoms. The van der Waals surface area contributed by atoms with E-state index in [4.69, 9.17) is 4.74 Å². The van der Waals surface area contributed by atoms with Crippen LogP contribution in [0.3, 0.4) is 0 Å². The topological polar surface area (TPSA) is 71.5 Å². The van der Waals surface area contributed by atoms with Crippen molar-refractivity contribution in [2.75, 3.05) is 13.1 Å². The van der Waals surface area contributed by atoms with Crippen LogP contribution in [0.15, 0.2) is 47.1 Å². The summed E-state index contributed by atoms with van der Waals surface area (Å²) < 4.78 is 6.46. The normalized spacial score (nSPS) is 30.1. The summed E-state index contributed by atoms with van der Waals surface area (Å²) in [7, 11) is 0. The minimum atomic E-state index is -0.402.